The van der Waals surface area contributed by atoms with Crippen molar-refractivity contribution in [3.8, 4) is 0 Å². The van der Waals surface area contributed by atoms with Gasteiger partial charge in [-0.15, -0.1) is 0 Å². The van der Waals surface area contributed by atoms with Crippen LogP contribution < -0.4 is 11.2 Å². The Balaban J connectivity index is 2.28. The Labute approximate surface area is 116 Å². The first-order valence-electron chi connectivity index (χ1n) is 5.88. The van der Waals surface area contributed by atoms with Gasteiger partial charge < -0.3 is 20.6 Å². The highest BCUT2D eigenvalue weighted by Crippen LogP contribution is 2.30. The first-order valence-corrected chi connectivity index (χ1v) is 6.26. The van der Waals surface area contributed by atoms with E-state index < -0.39 is 5.97 Å². The highest BCUT2D eigenvalue weighted by molar-refractivity contribution is 6.34. The Morgan fingerprint density at radius 1 is 1.47 bits per heavy atom. The second-order valence-corrected chi connectivity index (χ2v) is 4.54. The number of carbonyl (C=O) groups excluding carboxylic acids is 1. The highest BCUT2D eigenvalue weighted by Gasteiger charge is 2.19. The van der Waals surface area contributed by atoms with Gasteiger partial charge in [0.15, 0.2) is 0 Å². The molecule has 1 aliphatic heterocycles. The Hall–Kier alpha value is -1.50. The van der Waals surface area contributed by atoms with Crippen LogP contribution in [-0.4, -0.2) is 44.4 Å². The minimum Gasteiger partial charge on any atom is -0.465 e. The van der Waals surface area contributed by atoms with Gasteiger partial charge in [0, 0.05) is 18.8 Å². The number of nitrogen functional groups attached to an aromatic ring is 1. The number of ether oxygens (including phenoxy) is 2. The van der Waals surface area contributed by atoms with Gasteiger partial charge in [-0.05, 0) is 12.1 Å². The van der Waals surface area contributed by atoms with Gasteiger partial charge in [-0.3, -0.25) is 0 Å². The van der Waals surface area contributed by atoms with E-state index in [1.807, 2.05) is 5.01 Å². The summed E-state index contributed by atoms with van der Waals surface area (Å²) in [5.41, 5.74) is 10.1. The summed E-state index contributed by atoms with van der Waals surface area (Å²) < 4.78 is 10.00. The molecule has 1 aliphatic rings. The van der Waals surface area contributed by atoms with E-state index in [1.54, 1.807) is 12.1 Å². The maximum atomic E-state index is 11.8. The number of nitrogens with zero attached hydrogens (tertiary/aromatic N) is 1. The van der Waals surface area contributed by atoms with Crippen LogP contribution in [0.3, 0.4) is 0 Å². The van der Waals surface area contributed by atoms with Gasteiger partial charge in [0.1, 0.15) is 0 Å². The second kappa shape index (κ2) is 6.10. The van der Waals surface area contributed by atoms with Crippen molar-refractivity contribution in [3.05, 3.63) is 22.7 Å². The number of nitrogens with one attached hydrogen (secondary N) is 1. The molecule has 0 aromatic heterocycles. The summed E-state index contributed by atoms with van der Waals surface area (Å²) in [4.78, 5) is 11.8. The quantitative estimate of drug-likeness (QED) is 0.645. The number of hydrogen-bond donors (Lipinski definition) is 2. The van der Waals surface area contributed by atoms with Gasteiger partial charge in [-0.2, -0.15) is 0 Å². The van der Waals surface area contributed by atoms with Crippen LogP contribution in [0.2, 0.25) is 5.02 Å². The van der Waals surface area contributed by atoms with Crippen molar-refractivity contribution >= 4 is 28.9 Å². The molecule has 0 saturated carbocycles. The Morgan fingerprint density at radius 3 is 2.79 bits per heavy atom. The lowest BCUT2D eigenvalue weighted by atomic mass is 10.1. The van der Waals surface area contributed by atoms with Crippen LogP contribution in [0.15, 0.2) is 12.1 Å². The number of anilines is 2. The summed E-state index contributed by atoms with van der Waals surface area (Å²) in [6.07, 6.45) is 0. The number of carbonyl (C=O) groups is 1. The van der Waals surface area contributed by atoms with Crippen LogP contribution in [0.4, 0.5) is 11.4 Å². The fourth-order valence-corrected chi connectivity index (χ4v) is 2.12. The molecule has 1 saturated heterocycles. The van der Waals surface area contributed by atoms with Crippen molar-refractivity contribution < 1.29 is 14.3 Å². The topological polar surface area (TPSA) is 76.8 Å². The largest absolute Gasteiger partial charge is 0.465 e. The van der Waals surface area contributed by atoms with E-state index in [0.717, 1.165) is 0 Å². The number of benzene rings is 1. The van der Waals surface area contributed by atoms with Crippen LogP contribution in [0.5, 0.6) is 0 Å². The third-order valence-electron chi connectivity index (χ3n) is 2.80. The molecular weight excluding hydrogens is 270 g/mol. The van der Waals surface area contributed by atoms with E-state index in [-0.39, 0.29) is 0 Å². The zero-order valence-corrected chi connectivity index (χ0v) is 11.4. The summed E-state index contributed by atoms with van der Waals surface area (Å²) >= 11 is 6.15. The number of nitrogens with two attached hydrogens (primary N) is 1. The molecule has 7 heteroatoms. The summed E-state index contributed by atoms with van der Waals surface area (Å²) in [5, 5.41) is 2.32. The SMILES string of the molecule is COC(=O)c1cc(N)cc(Cl)c1NN1CCOCC1. The molecule has 6 nitrogen and oxygen atoms in total. The number of methoxy groups -OCH3 is 1. The van der Waals surface area contributed by atoms with E-state index in [1.165, 1.54) is 7.11 Å². The predicted octanol–water partition coefficient (Wildman–Crippen LogP) is 1.37. The fraction of sp³-hybridized carbons (Fsp3) is 0.417. The third kappa shape index (κ3) is 3.28. The van der Waals surface area contributed by atoms with Crippen LogP contribution in [0.1, 0.15) is 10.4 Å². The first kappa shape index (κ1) is 13.9. The molecule has 1 fully saturated rings. The van der Waals surface area contributed by atoms with E-state index in [4.69, 9.17) is 26.8 Å². The molecular formula is C12H16ClN3O3. The van der Waals surface area contributed by atoms with E-state index in [9.17, 15) is 4.79 Å². The van der Waals surface area contributed by atoms with E-state index in [0.29, 0.717) is 48.3 Å². The Kier molecular flexibility index (Phi) is 4.47. The van der Waals surface area contributed by atoms with Crippen molar-refractivity contribution in [2.75, 3.05) is 44.6 Å². The van der Waals surface area contributed by atoms with Gasteiger partial charge in [-0.25, -0.2) is 9.80 Å². The minimum absolute atomic E-state index is 0.319. The van der Waals surface area contributed by atoms with Crippen LogP contribution in [0, 0.1) is 0 Å². The Morgan fingerprint density at radius 2 is 2.16 bits per heavy atom. The van der Waals surface area contributed by atoms with Gasteiger partial charge in [0.05, 0.1) is 36.6 Å². The molecule has 2 rings (SSSR count). The van der Waals surface area contributed by atoms with E-state index >= 15 is 0 Å². The molecule has 0 bridgehead atoms. The normalized spacial score (nSPS) is 16.1. The average Bonchev–Trinajstić information content (AvgIpc) is 2.42. The van der Waals surface area contributed by atoms with Gasteiger partial charge >= 0.3 is 5.97 Å². The van der Waals surface area contributed by atoms with Crippen molar-refractivity contribution in [3.63, 3.8) is 0 Å². The lowest BCUT2D eigenvalue weighted by Crippen LogP contribution is -2.40. The van der Waals surface area contributed by atoms with Crippen LogP contribution in [-0.2, 0) is 9.47 Å². The monoisotopic (exact) mass is 285 g/mol. The molecule has 1 aromatic rings. The average molecular weight is 286 g/mol. The predicted molar refractivity (Wildman–Crippen MR) is 73.2 cm³/mol. The molecule has 1 heterocycles. The second-order valence-electron chi connectivity index (χ2n) is 4.13. The molecule has 104 valence electrons. The molecule has 0 spiro atoms. The molecule has 0 atom stereocenters. The number of hydrogen-bond acceptors (Lipinski definition) is 6. The Bertz CT molecular complexity index is 476. The number of morpholine rings is 1. The number of rotatable bonds is 3. The molecule has 19 heavy (non-hydrogen) atoms. The summed E-state index contributed by atoms with van der Waals surface area (Å²) in [6.45, 7) is 2.68. The standard InChI is InChI=1S/C12H16ClN3O3/c1-18-12(17)9-6-8(14)7-10(13)11(9)15-16-2-4-19-5-3-16/h6-7,15H,2-5,14H2,1H3. The third-order valence-corrected chi connectivity index (χ3v) is 3.10. The summed E-state index contributed by atoms with van der Waals surface area (Å²) in [7, 11) is 1.32. The van der Waals surface area contributed by atoms with Gasteiger partial charge in [0.25, 0.3) is 0 Å². The molecule has 0 radical (unpaired) electrons. The lowest BCUT2D eigenvalue weighted by molar-refractivity contribution is 0.0494. The molecule has 0 unspecified atom stereocenters. The lowest BCUT2D eigenvalue weighted by Gasteiger charge is -2.29. The number of halogens is 1. The molecule has 3 N–H and O–H groups in total. The number of hydrazine groups is 1. The van der Waals surface area contributed by atoms with Crippen molar-refractivity contribution in [1.82, 2.24) is 5.01 Å². The van der Waals surface area contributed by atoms with Crippen molar-refractivity contribution in [1.29, 1.82) is 0 Å². The van der Waals surface area contributed by atoms with Crippen molar-refractivity contribution in [2.24, 2.45) is 0 Å². The van der Waals surface area contributed by atoms with Gasteiger partial charge in [-0.1, -0.05) is 11.6 Å². The van der Waals surface area contributed by atoms with Crippen LogP contribution in [0.25, 0.3) is 0 Å². The molecule has 1 aromatic carbocycles. The zero-order valence-electron chi connectivity index (χ0n) is 10.6. The maximum Gasteiger partial charge on any atom is 0.340 e. The highest BCUT2D eigenvalue weighted by atomic mass is 35.5. The van der Waals surface area contributed by atoms with Gasteiger partial charge in [0.2, 0.25) is 0 Å². The summed E-state index contributed by atoms with van der Waals surface area (Å²) in [5.74, 6) is -0.482. The smallest absolute Gasteiger partial charge is 0.340 e. The zero-order chi connectivity index (χ0) is 13.8. The summed E-state index contributed by atoms with van der Waals surface area (Å²) in [6, 6.07) is 3.14. The maximum absolute atomic E-state index is 11.8. The van der Waals surface area contributed by atoms with Crippen molar-refractivity contribution in [2.45, 2.75) is 0 Å². The van der Waals surface area contributed by atoms with Crippen LogP contribution >= 0.6 is 11.6 Å². The molecule has 0 amide bonds. The minimum atomic E-state index is -0.482. The number of esters is 1. The molecule has 0 aliphatic carbocycles. The first-order chi connectivity index (χ1) is 9.11. The van der Waals surface area contributed by atoms with E-state index in [2.05, 4.69) is 5.43 Å². The fourth-order valence-electron chi connectivity index (χ4n) is 1.85.